The molecule has 0 unspecified atom stereocenters. The van der Waals surface area contributed by atoms with Gasteiger partial charge in [0.05, 0.1) is 16.4 Å². The summed E-state index contributed by atoms with van der Waals surface area (Å²) in [6.07, 6.45) is 2.28. The van der Waals surface area contributed by atoms with Gasteiger partial charge in [0.15, 0.2) is 11.6 Å². The molecule has 0 aliphatic rings. The number of aromatic nitrogens is 3. The number of nitrogens with one attached hydrogen (secondary N) is 2. The molecular weight excluding hydrogens is 362 g/mol. The van der Waals surface area contributed by atoms with Gasteiger partial charge in [0.1, 0.15) is 5.52 Å². The minimum Gasteiger partial charge on any atom is -0.318 e. The van der Waals surface area contributed by atoms with E-state index in [1.165, 1.54) is 12.3 Å². The van der Waals surface area contributed by atoms with Crippen LogP contribution in [-0.4, -0.2) is 21.1 Å². The molecule has 0 fully saturated rings. The second-order valence-corrected chi connectivity index (χ2v) is 6.26. The fourth-order valence-corrected chi connectivity index (χ4v) is 2.71. The molecule has 5 nitrogen and oxygen atoms in total. The maximum Gasteiger partial charge on any atom is 0.284 e. The molecule has 2 heterocycles. The molecule has 3 aromatic rings. The molecule has 2 N–H and O–H groups in total. The van der Waals surface area contributed by atoms with E-state index >= 15 is 0 Å². The van der Waals surface area contributed by atoms with Crippen LogP contribution < -0.4 is 5.32 Å². The molecule has 0 aliphatic heterocycles. The number of rotatable bonds is 3. The summed E-state index contributed by atoms with van der Waals surface area (Å²) < 4.78 is 28.8. The van der Waals surface area contributed by atoms with E-state index in [1.807, 2.05) is 0 Å². The molecule has 0 atom stereocenters. The normalized spacial score (nSPS) is 11.8. The molecule has 0 bridgehead atoms. The monoisotopic (exact) mass is 376 g/mol. The molecule has 0 spiro atoms. The fraction of sp³-hybridized carbons (Fsp3) is 0.167. The average Bonchev–Trinajstić information content (AvgIpc) is 2.99. The number of aromatic amines is 1. The Kier molecular flexibility index (Phi) is 4.73. The summed E-state index contributed by atoms with van der Waals surface area (Å²) in [4.78, 5) is 16.2. The summed E-state index contributed by atoms with van der Waals surface area (Å²) in [7, 11) is 0. The number of carbonyl (C=O) groups excluding carboxylic acids is 1. The lowest BCUT2D eigenvalue weighted by atomic mass is 10.1. The Morgan fingerprint density at radius 3 is 2.77 bits per heavy atom. The van der Waals surface area contributed by atoms with E-state index in [9.17, 15) is 13.6 Å². The summed E-state index contributed by atoms with van der Waals surface area (Å²) in [6, 6.07) is 3.01. The van der Waals surface area contributed by atoms with Crippen molar-refractivity contribution in [2.45, 2.75) is 20.8 Å². The number of fused-ring (bicyclic) bond motifs is 1. The van der Waals surface area contributed by atoms with Crippen molar-refractivity contribution < 1.29 is 13.6 Å². The first kappa shape index (κ1) is 18.0. The summed E-state index contributed by atoms with van der Waals surface area (Å²) in [5.41, 5.74) is 2.11. The van der Waals surface area contributed by atoms with E-state index in [-0.39, 0.29) is 11.1 Å². The third-order valence-corrected chi connectivity index (χ3v) is 4.47. The Hall–Kier alpha value is -2.80. The first-order chi connectivity index (χ1) is 12.3. The van der Waals surface area contributed by atoms with Crippen molar-refractivity contribution in [1.29, 1.82) is 0 Å². The van der Waals surface area contributed by atoms with Crippen molar-refractivity contribution in [3.8, 4) is 0 Å². The molecule has 0 saturated carbocycles. The van der Waals surface area contributed by atoms with E-state index in [0.717, 1.165) is 6.08 Å². The SMILES string of the molecule is Cc1ncc(Cl)c(C)c1NC(=O)/C(F)=C/c1ccc2c(C)[nH]nc2c1F. The topological polar surface area (TPSA) is 70.7 Å². The lowest BCUT2D eigenvalue weighted by Crippen LogP contribution is -2.14. The summed E-state index contributed by atoms with van der Waals surface area (Å²) in [6.45, 7) is 5.10. The van der Waals surface area contributed by atoms with Crippen molar-refractivity contribution in [3.63, 3.8) is 0 Å². The van der Waals surface area contributed by atoms with Crippen molar-refractivity contribution in [3.05, 3.63) is 57.5 Å². The molecule has 1 aromatic carbocycles. The maximum atomic E-state index is 14.5. The smallest absolute Gasteiger partial charge is 0.284 e. The molecule has 1 amide bonds. The van der Waals surface area contributed by atoms with Gasteiger partial charge < -0.3 is 5.32 Å². The lowest BCUT2D eigenvalue weighted by molar-refractivity contribution is -0.114. The van der Waals surface area contributed by atoms with Crippen LogP contribution in [0, 0.1) is 26.6 Å². The van der Waals surface area contributed by atoms with Crippen molar-refractivity contribution in [1.82, 2.24) is 15.2 Å². The molecule has 0 radical (unpaired) electrons. The third kappa shape index (κ3) is 3.17. The number of H-pyrrole nitrogens is 1. The van der Waals surface area contributed by atoms with Gasteiger partial charge >= 0.3 is 0 Å². The standard InChI is InChI=1S/C18H15ClF2N4O/c1-8-13(19)7-22-10(3)16(8)23-18(26)14(20)6-11-4-5-12-9(2)24-25-17(12)15(11)21/h4-7H,1-3H3,(H,23,26)(H,24,25)/b14-6-. The van der Waals surface area contributed by atoms with Gasteiger partial charge in [0.2, 0.25) is 0 Å². The molecule has 0 saturated heterocycles. The quantitative estimate of drug-likeness (QED) is 0.655. The van der Waals surface area contributed by atoms with Crippen LogP contribution in [0.4, 0.5) is 14.5 Å². The number of pyridine rings is 1. The molecule has 134 valence electrons. The van der Waals surface area contributed by atoms with Gasteiger partial charge in [-0.15, -0.1) is 0 Å². The largest absolute Gasteiger partial charge is 0.318 e. The van der Waals surface area contributed by atoms with Gasteiger partial charge in [-0.05, 0) is 32.4 Å². The van der Waals surface area contributed by atoms with E-state index in [4.69, 9.17) is 11.6 Å². The highest BCUT2D eigenvalue weighted by Crippen LogP contribution is 2.27. The lowest BCUT2D eigenvalue weighted by Gasteiger charge is -2.11. The van der Waals surface area contributed by atoms with Crippen LogP contribution in [0.15, 0.2) is 24.2 Å². The third-order valence-electron chi connectivity index (χ3n) is 4.09. The predicted octanol–water partition coefficient (Wildman–Crippen LogP) is 4.62. The number of hydrogen-bond acceptors (Lipinski definition) is 3. The molecule has 0 aliphatic carbocycles. The van der Waals surface area contributed by atoms with Gasteiger partial charge in [0.25, 0.3) is 5.91 Å². The van der Waals surface area contributed by atoms with Crippen LogP contribution in [0.25, 0.3) is 17.0 Å². The summed E-state index contributed by atoms with van der Waals surface area (Å²) in [5.74, 6) is -2.86. The minimum atomic E-state index is -1.14. The number of nitrogens with zero attached hydrogens (tertiary/aromatic N) is 2. The number of amides is 1. The highest BCUT2D eigenvalue weighted by Gasteiger charge is 2.17. The number of hydrogen-bond donors (Lipinski definition) is 2. The zero-order chi connectivity index (χ0) is 19.0. The molecule has 2 aromatic heterocycles. The van der Waals surface area contributed by atoms with Crippen molar-refractivity contribution in [2.24, 2.45) is 0 Å². The Morgan fingerprint density at radius 2 is 2.04 bits per heavy atom. The van der Waals surface area contributed by atoms with E-state index in [0.29, 0.717) is 33.0 Å². The van der Waals surface area contributed by atoms with Crippen LogP contribution in [0.2, 0.25) is 5.02 Å². The number of benzene rings is 1. The van der Waals surface area contributed by atoms with Crippen molar-refractivity contribution >= 4 is 40.2 Å². The zero-order valence-electron chi connectivity index (χ0n) is 14.2. The second kappa shape index (κ2) is 6.84. The number of anilines is 1. The highest BCUT2D eigenvalue weighted by atomic mass is 35.5. The second-order valence-electron chi connectivity index (χ2n) is 5.85. The average molecular weight is 377 g/mol. The highest BCUT2D eigenvalue weighted by molar-refractivity contribution is 6.31. The fourth-order valence-electron chi connectivity index (χ4n) is 2.57. The van der Waals surface area contributed by atoms with Gasteiger partial charge in [-0.2, -0.15) is 5.10 Å². The van der Waals surface area contributed by atoms with Gasteiger partial charge in [-0.3, -0.25) is 14.9 Å². The Balaban J connectivity index is 1.92. The van der Waals surface area contributed by atoms with E-state index < -0.39 is 17.6 Å². The number of carbonyl (C=O) groups is 1. The predicted molar refractivity (Wildman–Crippen MR) is 97.2 cm³/mol. The molecule has 3 rings (SSSR count). The Morgan fingerprint density at radius 1 is 1.31 bits per heavy atom. The first-order valence-corrected chi connectivity index (χ1v) is 8.10. The van der Waals surface area contributed by atoms with Crippen LogP contribution in [0.3, 0.4) is 0 Å². The summed E-state index contributed by atoms with van der Waals surface area (Å²) >= 11 is 5.98. The van der Waals surface area contributed by atoms with E-state index in [1.54, 1.807) is 26.8 Å². The van der Waals surface area contributed by atoms with Gasteiger partial charge in [0, 0.05) is 22.8 Å². The number of halogens is 3. The zero-order valence-corrected chi connectivity index (χ0v) is 15.0. The molecular formula is C18H15ClF2N4O. The van der Waals surface area contributed by atoms with E-state index in [2.05, 4.69) is 20.5 Å². The first-order valence-electron chi connectivity index (χ1n) is 7.73. The van der Waals surface area contributed by atoms with Gasteiger partial charge in [-0.1, -0.05) is 23.7 Å². The number of aryl methyl sites for hydroxylation is 2. The Bertz CT molecular complexity index is 1060. The van der Waals surface area contributed by atoms with Gasteiger partial charge in [-0.25, -0.2) is 8.78 Å². The molecule has 8 heteroatoms. The Labute approximate surface area is 153 Å². The van der Waals surface area contributed by atoms with Crippen LogP contribution in [0.1, 0.15) is 22.5 Å². The van der Waals surface area contributed by atoms with Crippen molar-refractivity contribution in [2.75, 3.05) is 5.32 Å². The summed E-state index contributed by atoms with van der Waals surface area (Å²) in [5, 5.41) is 9.90. The molecule has 26 heavy (non-hydrogen) atoms. The van der Waals surface area contributed by atoms with Crippen LogP contribution >= 0.6 is 11.6 Å². The minimum absolute atomic E-state index is 0.0747. The van der Waals surface area contributed by atoms with Crippen LogP contribution in [-0.2, 0) is 4.79 Å². The van der Waals surface area contributed by atoms with Crippen LogP contribution in [0.5, 0.6) is 0 Å². The maximum absolute atomic E-state index is 14.5.